The van der Waals surface area contributed by atoms with Gasteiger partial charge in [0.05, 0.1) is 28.5 Å². The van der Waals surface area contributed by atoms with E-state index in [0.29, 0.717) is 16.4 Å². The summed E-state index contributed by atoms with van der Waals surface area (Å²) in [6.45, 7) is 6.11. The molecule has 3 aromatic rings. The van der Waals surface area contributed by atoms with Gasteiger partial charge in [-0.2, -0.15) is 0 Å². The topological polar surface area (TPSA) is 97.6 Å². The molecule has 8 nitrogen and oxygen atoms in total. The summed E-state index contributed by atoms with van der Waals surface area (Å²) in [5.74, 6) is -0.206. The molecule has 0 bridgehead atoms. The first-order chi connectivity index (χ1) is 12.3. The van der Waals surface area contributed by atoms with Gasteiger partial charge in [-0.15, -0.1) is 16.4 Å². The Morgan fingerprint density at radius 1 is 1.38 bits per heavy atom. The van der Waals surface area contributed by atoms with Crippen LogP contribution >= 0.6 is 22.9 Å². The Balaban J connectivity index is 1.66. The number of aryl methyl sites for hydroxylation is 1. The van der Waals surface area contributed by atoms with E-state index in [1.165, 1.54) is 11.0 Å². The van der Waals surface area contributed by atoms with E-state index in [2.05, 4.69) is 31.1 Å². The maximum atomic E-state index is 12.3. The molecule has 0 spiro atoms. The van der Waals surface area contributed by atoms with Gasteiger partial charge < -0.3 is 5.32 Å². The van der Waals surface area contributed by atoms with E-state index in [1.807, 2.05) is 27.0 Å². The zero-order valence-electron chi connectivity index (χ0n) is 14.5. The van der Waals surface area contributed by atoms with E-state index in [1.54, 1.807) is 29.5 Å². The summed E-state index contributed by atoms with van der Waals surface area (Å²) in [5, 5.41) is 18.4. The molecule has 0 aliphatic heterocycles. The van der Waals surface area contributed by atoms with Crippen LogP contribution in [0, 0.1) is 6.92 Å². The molecule has 0 atom stereocenters. The van der Waals surface area contributed by atoms with Gasteiger partial charge in [-0.3, -0.25) is 10.1 Å². The molecule has 1 amide bonds. The lowest BCUT2D eigenvalue weighted by atomic mass is 10.1. The normalized spacial score (nSPS) is 11.5. The monoisotopic (exact) mass is 391 g/mol. The van der Waals surface area contributed by atoms with Crippen molar-refractivity contribution in [3.63, 3.8) is 0 Å². The lowest BCUT2D eigenvalue weighted by Crippen LogP contribution is -2.41. The van der Waals surface area contributed by atoms with Crippen LogP contribution < -0.4 is 10.6 Å². The number of carbonyl (C=O) groups is 1. The number of hydrogen-bond acceptors (Lipinski definition) is 7. The Morgan fingerprint density at radius 3 is 2.85 bits per heavy atom. The SMILES string of the molecule is Cc1cnc(C(C)(C)NCC(=O)Nc2cc(-n3cnnn3)ccc2Cl)s1. The van der Waals surface area contributed by atoms with E-state index in [-0.39, 0.29) is 12.5 Å². The van der Waals surface area contributed by atoms with Gasteiger partial charge in [0.1, 0.15) is 11.3 Å². The quantitative estimate of drug-likeness (QED) is 0.670. The number of halogens is 1. The fraction of sp³-hybridized carbons (Fsp3) is 0.312. The molecule has 0 saturated heterocycles. The molecule has 0 aliphatic rings. The second kappa shape index (κ2) is 7.48. The predicted molar refractivity (Wildman–Crippen MR) is 101 cm³/mol. The van der Waals surface area contributed by atoms with Gasteiger partial charge in [0.15, 0.2) is 0 Å². The number of thiazole rings is 1. The van der Waals surface area contributed by atoms with Gasteiger partial charge in [-0.25, -0.2) is 9.67 Å². The average Bonchev–Trinajstić information content (AvgIpc) is 3.27. The number of anilines is 1. The predicted octanol–water partition coefficient (Wildman–Crippen LogP) is 2.54. The first-order valence-electron chi connectivity index (χ1n) is 7.86. The van der Waals surface area contributed by atoms with Crippen molar-refractivity contribution in [1.82, 2.24) is 30.5 Å². The highest BCUT2D eigenvalue weighted by Gasteiger charge is 2.24. The van der Waals surface area contributed by atoms with Gasteiger partial charge in [-0.05, 0) is 49.4 Å². The molecule has 2 N–H and O–H groups in total. The van der Waals surface area contributed by atoms with Crippen molar-refractivity contribution in [3.05, 3.63) is 45.6 Å². The van der Waals surface area contributed by atoms with Crippen LogP contribution in [-0.4, -0.2) is 37.6 Å². The van der Waals surface area contributed by atoms with Crippen LogP contribution in [-0.2, 0) is 10.3 Å². The molecule has 3 rings (SSSR count). The van der Waals surface area contributed by atoms with E-state index in [4.69, 9.17) is 11.6 Å². The Labute approximate surface area is 159 Å². The van der Waals surface area contributed by atoms with Crippen LogP contribution in [0.3, 0.4) is 0 Å². The summed E-state index contributed by atoms with van der Waals surface area (Å²) < 4.78 is 1.48. The molecule has 0 radical (unpaired) electrons. The molecular formula is C16H18ClN7OS. The molecule has 2 heterocycles. The summed E-state index contributed by atoms with van der Waals surface area (Å²) in [6, 6.07) is 5.16. The second-order valence-electron chi connectivity index (χ2n) is 6.22. The Hall–Kier alpha value is -2.36. The number of rotatable bonds is 6. The molecule has 0 saturated carbocycles. The van der Waals surface area contributed by atoms with Crippen LogP contribution in [0.4, 0.5) is 5.69 Å². The summed E-state index contributed by atoms with van der Waals surface area (Å²) >= 11 is 7.79. The Morgan fingerprint density at radius 2 is 2.19 bits per heavy atom. The third-order valence-corrected chi connectivity index (χ3v) is 5.25. The average molecular weight is 392 g/mol. The Bertz CT molecular complexity index is 907. The van der Waals surface area contributed by atoms with Crippen molar-refractivity contribution in [2.24, 2.45) is 0 Å². The van der Waals surface area contributed by atoms with E-state index >= 15 is 0 Å². The lowest BCUT2D eigenvalue weighted by Gasteiger charge is -2.23. The number of benzene rings is 1. The number of carbonyl (C=O) groups excluding carboxylic acids is 1. The molecule has 0 aliphatic carbocycles. The first kappa shape index (κ1) is 18.4. The third kappa shape index (κ3) is 4.24. The number of hydrogen-bond donors (Lipinski definition) is 2. The van der Waals surface area contributed by atoms with Gasteiger partial charge in [-0.1, -0.05) is 11.6 Å². The highest BCUT2D eigenvalue weighted by Crippen LogP contribution is 2.26. The molecule has 136 valence electrons. The molecule has 0 fully saturated rings. The van der Waals surface area contributed by atoms with Crippen molar-refractivity contribution < 1.29 is 4.79 Å². The molecular weight excluding hydrogens is 374 g/mol. The van der Waals surface area contributed by atoms with Crippen molar-refractivity contribution >= 4 is 34.5 Å². The number of amides is 1. The fourth-order valence-corrected chi connectivity index (χ4v) is 3.25. The van der Waals surface area contributed by atoms with Crippen LogP contribution in [0.15, 0.2) is 30.7 Å². The van der Waals surface area contributed by atoms with Crippen molar-refractivity contribution in [2.75, 3.05) is 11.9 Å². The van der Waals surface area contributed by atoms with E-state index < -0.39 is 5.54 Å². The van der Waals surface area contributed by atoms with E-state index in [0.717, 1.165) is 9.88 Å². The summed E-state index contributed by atoms with van der Waals surface area (Å²) in [6.07, 6.45) is 3.29. The molecule has 1 aromatic carbocycles. The number of nitrogens with one attached hydrogen (secondary N) is 2. The minimum Gasteiger partial charge on any atom is -0.324 e. The van der Waals surface area contributed by atoms with Crippen LogP contribution in [0.1, 0.15) is 23.7 Å². The van der Waals surface area contributed by atoms with Crippen LogP contribution in [0.2, 0.25) is 5.02 Å². The number of tetrazole rings is 1. The van der Waals surface area contributed by atoms with Crippen LogP contribution in [0.5, 0.6) is 0 Å². The zero-order chi connectivity index (χ0) is 18.7. The summed E-state index contributed by atoms with van der Waals surface area (Å²) in [4.78, 5) is 17.9. The third-order valence-electron chi connectivity index (χ3n) is 3.68. The number of aromatic nitrogens is 5. The minimum atomic E-state index is -0.408. The summed E-state index contributed by atoms with van der Waals surface area (Å²) in [5.41, 5.74) is 0.782. The Kier molecular flexibility index (Phi) is 5.30. The minimum absolute atomic E-state index is 0.122. The van der Waals surface area contributed by atoms with Crippen molar-refractivity contribution in [2.45, 2.75) is 26.3 Å². The smallest absolute Gasteiger partial charge is 0.238 e. The maximum absolute atomic E-state index is 12.3. The van der Waals surface area contributed by atoms with Crippen molar-refractivity contribution in [1.29, 1.82) is 0 Å². The van der Waals surface area contributed by atoms with Gasteiger partial charge in [0, 0.05) is 11.1 Å². The van der Waals surface area contributed by atoms with E-state index in [9.17, 15) is 4.79 Å². The highest BCUT2D eigenvalue weighted by molar-refractivity contribution is 7.11. The fourth-order valence-electron chi connectivity index (χ4n) is 2.25. The number of nitrogens with zero attached hydrogens (tertiary/aromatic N) is 5. The molecule has 0 unspecified atom stereocenters. The molecule has 26 heavy (non-hydrogen) atoms. The lowest BCUT2D eigenvalue weighted by molar-refractivity contribution is -0.115. The van der Waals surface area contributed by atoms with Gasteiger partial charge >= 0.3 is 0 Å². The largest absolute Gasteiger partial charge is 0.324 e. The first-order valence-corrected chi connectivity index (χ1v) is 9.05. The van der Waals surface area contributed by atoms with Crippen LogP contribution in [0.25, 0.3) is 5.69 Å². The maximum Gasteiger partial charge on any atom is 0.238 e. The molecule has 2 aromatic heterocycles. The summed E-state index contributed by atoms with van der Waals surface area (Å²) in [7, 11) is 0. The second-order valence-corrected chi connectivity index (χ2v) is 7.86. The molecule has 10 heteroatoms. The highest BCUT2D eigenvalue weighted by atomic mass is 35.5. The zero-order valence-corrected chi connectivity index (χ0v) is 16.1. The van der Waals surface area contributed by atoms with Gasteiger partial charge in [0.25, 0.3) is 0 Å². The van der Waals surface area contributed by atoms with Gasteiger partial charge in [0.2, 0.25) is 5.91 Å². The standard InChI is InChI=1S/C16H18ClN7OS/c1-10-7-18-15(26-10)16(2,3)19-8-14(25)21-13-6-11(4-5-12(13)17)24-9-20-22-23-24/h4-7,9,19H,8H2,1-3H3,(H,21,25). The van der Waals surface area contributed by atoms with Crippen molar-refractivity contribution in [3.8, 4) is 5.69 Å².